The summed E-state index contributed by atoms with van der Waals surface area (Å²) in [5, 5.41) is 2.02. The van der Waals surface area contributed by atoms with Crippen LogP contribution in [0.5, 0.6) is 5.75 Å². The van der Waals surface area contributed by atoms with E-state index in [1.54, 1.807) is 36.4 Å². The van der Waals surface area contributed by atoms with Gasteiger partial charge < -0.3 is 4.74 Å². The number of rotatable bonds is 8. The van der Waals surface area contributed by atoms with Gasteiger partial charge in [-0.2, -0.15) is 0 Å². The Morgan fingerprint density at radius 3 is 2.19 bits per heavy atom. The molecule has 1 N–H and O–H groups in total. The van der Waals surface area contributed by atoms with Crippen LogP contribution in [0.15, 0.2) is 102 Å². The first-order chi connectivity index (χ1) is 15.5. The lowest BCUT2D eigenvalue weighted by molar-refractivity contribution is 0.0972. The first-order valence-corrected chi connectivity index (χ1v) is 11.7. The molecule has 5 nitrogen and oxygen atoms in total. The molecule has 0 fully saturated rings. The van der Waals surface area contributed by atoms with Crippen LogP contribution < -0.4 is 9.46 Å². The molecule has 0 saturated carbocycles. The molecule has 1 atom stereocenters. The van der Waals surface area contributed by atoms with Crippen LogP contribution in [0.2, 0.25) is 0 Å². The number of ether oxygens (including phenoxy) is 1. The molecule has 4 aromatic rings. The van der Waals surface area contributed by atoms with Crippen LogP contribution in [0.1, 0.15) is 28.4 Å². The fourth-order valence-electron chi connectivity index (χ4n) is 3.59. The highest BCUT2D eigenvalue weighted by molar-refractivity contribution is 7.89. The van der Waals surface area contributed by atoms with Crippen molar-refractivity contribution in [2.45, 2.75) is 17.4 Å². The minimum atomic E-state index is -3.87. The zero-order chi connectivity index (χ0) is 22.6. The van der Waals surface area contributed by atoms with Gasteiger partial charge in [-0.1, -0.05) is 66.7 Å². The first-order valence-electron chi connectivity index (χ1n) is 10.2. The quantitative estimate of drug-likeness (QED) is 0.381. The number of nitrogens with one attached hydrogen (secondary N) is 1. The largest absolute Gasteiger partial charge is 0.497 e. The second kappa shape index (κ2) is 9.34. The van der Waals surface area contributed by atoms with Crippen molar-refractivity contribution < 1.29 is 17.9 Å². The minimum absolute atomic E-state index is 0.00224. The van der Waals surface area contributed by atoms with Crippen LogP contribution in [0, 0.1) is 0 Å². The average molecular weight is 446 g/mol. The second-order valence-electron chi connectivity index (χ2n) is 7.45. The number of methoxy groups -OCH3 is 1. The number of carbonyl (C=O) groups excluding carboxylic acids is 1. The van der Waals surface area contributed by atoms with Gasteiger partial charge in [-0.3, -0.25) is 4.79 Å². The maximum Gasteiger partial charge on any atom is 0.241 e. The van der Waals surface area contributed by atoms with Crippen molar-refractivity contribution in [1.82, 2.24) is 4.72 Å². The van der Waals surface area contributed by atoms with E-state index in [2.05, 4.69) is 4.72 Å². The Kier molecular flexibility index (Phi) is 6.35. The van der Waals surface area contributed by atoms with Crippen LogP contribution in [0.25, 0.3) is 10.8 Å². The van der Waals surface area contributed by atoms with Crippen molar-refractivity contribution in [1.29, 1.82) is 0 Å². The fourth-order valence-corrected chi connectivity index (χ4v) is 4.81. The standard InChI is InChI=1S/C26H23NO4S/c1-31-23-13-15-24(16-14-23)32(29,30)27-25(18-26(28)20-8-3-2-4-9-20)22-12-11-19-7-5-6-10-21(19)17-22/h2-17,25,27H,18H2,1H3. The highest BCUT2D eigenvalue weighted by Crippen LogP contribution is 2.26. The number of sulfonamides is 1. The van der Waals surface area contributed by atoms with Gasteiger partial charge in [-0.05, 0) is 46.7 Å². The van der Waals surface area contributed by atoms with Crippen molar-refractivity contribution >= 4 is 26.6 Å². The SMILES string of the molecule is COc1ccc(S(=O)(=O)NC(CC(=O)c2ccccc2)c2ccc3ccccc3c2)cc1. The molecule has 0 aliphatic heterocycles. The van der Waals surface area contributed by atoms with E-state index < -0.39 is 16.1 Å². The van der Waals surface area contributed by atoms with Gasteiger partial charge in [-0.25, -0.2) is 13.1 Å². The Labute approximate surface area is 187 Å². The topological polar surface area (TPSA) is 72.5 Å². The molecule has 0 bridgehead atoms. The van der Waals surface area contributed by atoms with Crippen molar-refractivity contribution in [3.8, 4) is 5.75 Å². The molecule has 0 aliphatic rings. The third-order valence-corrected chi connectivity index (χ3v) is 6.82. The predicted molar refractivity (Wildman–Crippen MR) is 125 cm³/mol. The van der Waals surface area contributed by atoms with E-state index in [1.807, 2.05) is 48.5 Å². The molecule has 0 amide bonds. The van der Waals surface area contributed by atoms with E-state index in [4.69, 9.17) is 4.74 Å². The van der Waals surface area contributed by atoms with Crippen molar-refractivity contribution in [3.63, 3.8) is 0 Å². The Balaban J connectivity index is 1.69. The van der Waals surface area contributed by atoms with Crippen LogP contribution in [0.3, 0.4) is 0 Å². The average Bonchev–Trinajstić information content (AvgIpc) is 2.83. The summed E-state index contributed by atoms with van der Waals surface area (Å²) >= 11 is 0. The molecule has 0 saturated heterocycles. The van der Waals surface area contributed by atoms with Crippen LogP contribution >= 0.6 is 0 Å². The van der Waals surface area contributed by atoms with E-state index in [0.29, 0.717) is 11.3 Å². The highest BCUT2D eigenvalue weighted by atomic mass is 32.2. The van der Waals surface area contributed by atoms with Crippen LogP contribution in [-0.4, -0.2) is 21.3 Å². The van der Waals surface area contributed by atoms with Gasteiger partial charge in [0.15, 0.2) is 5.78 Å². The zero-order valence-electron chi connectivity index (χ0n) is 17.6. The smallest absolute Gasteiger partial charge is 0.241 e. The second-order valence-corrected chi connectivity index (χ2v) is 9.16. The molecule has 0 spiro atoms. The van der Waals surface area contributed by atoms with Gasteiger partial charge in [0.05, 0.1) is 18.0 Å². The summed E-state index contributed by atoms with van der Waals surface area (Å²) in [6, 6.07) is 27.9. The summed E-state index contributed by atoms with van der Waals surface area (Å²) in [6.45, 7) is 0. The lowest BCUT2D eigenvalue weighted by Crippen LogP contribution is -2.30. The predicted octanol–water partition coefficient (Wildman–Crippen LogP) is 5.14. The van der Waals surface area contributed by atoms with Crippen LogP contribution in [-0.2, 0) is 10.0 Å². The number of benzene rings is 4. The van der Waals surface area contributed by atoms with E-state index >= 15 is 0 Å². The zero-order valence-corrected chi connectivity index (χ0v) is 18.4. The maximum atomic E-state index is 13.1. The van der Waals surface area contributed by atoms with Crippen molar-refractivity contribution in [3.05, 3.63) is 108 Å². The number of fused-ring (bicyclic) bond motifs is 1. The molecule has 0 heterocycles. The number of hydrogen-bond acceptors (Lipinski definition) is 4. The van der Waals surface area contributed by atoms with E-state index in [-0.39, 0.29) is 17.1 Å². The first kappa shape index (κ1) is 21.7. The summed E-state index contributed by atoms with van der Waals surface area (Å²) in [5.74, 6) is 0.426. The summed E-state index contributed by atoms with van der Waals surface area (Å²) < 4.78 is 34.1. The number of carbonyl (C=O) groups is 1. The Morgan fingerprint density at radius 2 is 1.50 bits per heavy atom. The molecule has 0 aliphatic carbocycles. The Morgan fingerprint density at radius 1 is 0.844 bits per heavy atom. The van der Waals surface area contributed by atoms with Gasteiger partial charge in [0, 0.05) is 12.0 Å². The van der Waals surface area contributed by atoms with Gasteiger partial charge in [0.25, 0.3) is 0 Å². The minimum Gasteiger partial charge on any atom is -0.497 e. The van der Waals surface area contributed by atoms with Gasteiger partial charge in [-0.15, -0.1) is 0 Å². The van der Waals surface area contributed by atoms with E-state index in [9.17, 15) is 13.2 Å². The van der Waals surface area contributed by atoms with Crippen LogP contribution in [0.4, 0.5) is 0 Å². The molecule has 1 unspecified atom stereocenters. The third kappa shape index (κ3) is 4.88. The lowest BCUT2D eigenvalue weighted by Gasteiger charge is -2.20. The Bertz CT molecular complexity index is 1330. The molecule has 162 valence electrons. The summed E-state index contributed by atoms with van der Waals surface area (Å²) in [6.07, 6.45) is -0.00224. The molecular formula is C26H23NO4S. The van der Waals surface area contributed by atoms with Gasteiger partial charge >= 0.3 is 0 Å². The van der Waals surface area contributed by atoms with Crippen molar-refractivity contribution in [2.24, 2.45) is 0 Å². The molecule has 4 rings (SSSR count). The summed E-state index contributed by atoms with van der Waals surface area (Å²) in [4.78, 5) is 13.1. The van der Waals surface area contributed by atoms with Gasteiger partial charge in [0.2, 0.25) is 10.0 Å². The number of ketones is 1. The Hall–Kier alpha value is -3.48. The maximum absolute atomic E-state index is 13.1. The normalized spacial score (nSPS) is 12.4. The van der Waals surface area contributed by atoms with E-state index in [0.717, 1.165) is 16.3 Å². The fraction of sp³-hybridized carbons (Fsp3) is 0.115. The molecule has 0 aromatic heterocycles. The summed E-state index contributed by atoms with van der Waals surface area (Å²) in [7, 11) is -2.35. The van der Waals surface area contributed by atoms with Gasteiger partial charge in [0.1, 0.15) is 5.75 Å². The van der Waals surface area contributed by atoms with Crippen molar-refractivity contribution in [2.75, 3.05) is 7.11 Å². The molecule has 4 aromatic carbocycles. The number of hydrogen-bond donors (Lipinski definition) is 1. The monoisotopic (exact) mass is 445 g/mol. The molecule has 6 heteroatoms. The molecule has 32 heavy (non-hydrogen) atoms. The van der Waals surface area contributed by atoms with E-state index in [1.165, 1.54) is 19.2 Å². The summed E-state index contributed by atoms with van der Waals surface area (Å²) in [5.41, 5.74) is 1.27. The highest BCUT2D eigenvalue weighted by Gasteiger charge is 2.24. The third-order valence-electron chi connectivity index (χ3n) is 5.33. The number of Topliss-reactive ketones (excluding diaryl/α,β-unsaturated/α-hetero) is 1. The lowest BCUT2D eigenvalue weighted by atomic mass is 9.96. The molecule has 0 radical (unpaired) electrons. The molecular weight excluding hydrogens is 422 g/mol.